The lowest BCUT2D eigenvalue weighted by atomic mass is 9.99. The molecule has 0 radical (unpaired) electrons. The lowest BCUT2D eigenvalue weighted by Gasteiger charge is -2.28. The van der Waals surface area contributed by atoms with E-state index in [2.05, 4.69) is 21.6 Å². The third kappa shape index (κ3) is 9.57. The van der Waals surface area contributed by atoms with Crippen LogP contribution in [0.25, 0.3) is 6.08 Å². The molecule has 10 nitrogen and oxygen atoms in total. The van der Waals surface area contributed by atoms with Crippen molar-refractivity contribution in [2.75, 3.05) is 26.6 Å². The molecule has 3 aromatic rings. The molecule has 1 N–H and O–H groups in total. The zero-order valence-corrected chi connectivity index (χ0v) is 30.0. The van der Waals surface area contributed by atoms with E-state index >= 15 is 0 Å². The zero-order valence-electron chi connectivity index (χ0n) is 27.1. The molecule has 12 heteroatoms. The molecule has 1 aliphatic rings. The van der Waals surface area contributed by atoms with Crippen molar-refractivity contribution in [3.05, 3.63) is 135 Å². The van der Waals surface area contributed by atoms with Crippen molar-refractivity contribution in [3.8, 4) is 11.5 Å². The predicted octanol–water partition coefficient (Wildman–Crippen LogP) is 6.24. The van der Waals surface area contributed by atoms with Gasteiger partial charge in [-0.3, -0.25) is 19.3 Å². The van der Waals surface area contributed by atoms with E-state index in [9.17, 15) is 19.2 Å². The predicted molar refractivity (Wildman–Crippen MR) is 199 cm³/mol. The van der Waals surface area contributed by atoms with Gasteiger partial charge in [-0.1, -0.05) is 97.2 Å². The number of allylic oxidation sites excluding steroid dienone is 4. The summed E-state index contributed by atoms with van der Waals surface area (Å²) >= 11 is 2.98. The maximum atomic E-state index is 14.1. The second-order valence-corrected chi connectivity index (χ2v) is 12.3. The number of methoxy groups -OCH3 is 2. The normalized spacial score (nSPS) is 14.2. The molecule has 0 fully saturated rings. The molecule has 0 saturated carbocycles. The van der Waals surface area contributed by atoms with Gasteiger partial charge in [0.1, 0.15) is 5.57 Å². The Morgan fingerprint density at radius 2 is 1.69 bits per heavy atom. The smallest absolute Gasteiger partial charge is 0.343 e. The number of halogens is 1. The topological polar surface area (TPSA) is 124 Å². The summed E-state index contributed by atoms with van der Waals surface area (Å²) in [6.45, 7) is 5.13. The molecule has 49 heavy (non-hydrogen) atoms. The number of nitrogens with zero attached hydrogens (tertiary/aromatic N) is 2. The maximum absolute atomic E-state index is 14.1. The van der Waals surface area contributed by atoms with Crippen LogP contribution in [0.4, 0.5) is 0 Å². The number of esters is 1. The number of hydrogen-bond donors (Lipinski definition) is 1. The number of carbonyl (C=O) groups is 4. The van der Waals surface area contributed by atoms with Crippen molar-refractivity contribution in [3.63, 3.8) is 0 Å². The summed E-state index contributed by atoms with van der Waals surface area (Å²) in [7, 11) is 2.69. The Balaban J connectivity index is 1.64. The van der Waals surface area contributed by atoms with Crippen molar-refractivity contribution in [2.24, 2.45) is 4.99 Å². The largest absolute Gasteiger partial charge is 0.493 e. The first-order valence-corrected chi connectivity index (χ1v) is 17.0. The standard InChI is InChI=1S/C37H34IN3O7S/c1-5-7-18-27(6-2)41-36(45)28(19-24-20-29(38)34(30(21-24)46-3)48-22-32(43)47-4)35(44)40-37(41)49-23-31(42)39-33(25-14-10-8-11-15-25)26-16-12-9-13-17-26/h5-21,33H,1,22-23H2,2-4H3,(H,39,42)/b18-7-,27-6+,28-19+. The van der Waals surface area contributed by atoms with E-state index in [0.29, 0.717) is 20.6 Å². The van der Waals surface area contributed by atoms with Crippen molar-refractivity contribution < 1.29 is 33.4 Å². The molecule has 252 valence electrons. The molecule has 0 aliphatic carbocycles. The van der Waals surface area contributed by atoms with E-state index in [1.54, 1.807) is 43.4 Å². The Labute approximate surface area is 302 Å². The van der Waals surface area contributed by atoms with E-state index < -0.39 is 23.8 Å². The molecule has 1 aliphatic heterocycles. The van der Waals surface area contributed by atoms with Crippen molar-refractivity contribution in [2.45, 2.75) is 13.0 Å². The second kappa shape index (κ2) is 18.0. The summed E-state index contributed by atoms with van der Waals surface area (Å²) < 4.78 is 16.3. The maximum Gasteiger partial charge on any atom is 0.343 e. The molecule has 0 unspecified atom stereocenters. The number of benzene rings is 3. The highest BCUT2D eigenvalue weighted by molar-refractivity contribution is 14.1. The fourth-order valence-corrected chi connectivity index (χ4v) is 6.30. The minimum absolute atomic E-state index is 0.0544. The van der Waals surface area contributed by atoms with Crippen LogP contribution in [0.3, 0.4) is 0 Å². The summed E-state index contributed by atoms with van der Waals surface area (Å²) in [4.78, 5) is 58.0. The van der Waals surface area contributed by atoms with Crippen LogP contribution in [-0.4, -0.2) is 60.3 Å². The lowest BCUT2D eigenvalue weighted by Crippen LogP contribution is -2.42. The molecule has 0 aromatic heterocycles. The quantitative estimate of drug-likeness (QED) is 0.0710. The fraction of sp³-hybridized carbons (Fsp3) is 0.162. The second-order valence-electron chi connectivity index (χ2n) is 10.2. The van der Waals surface area contributed by atoms with Crippen LogP contribution < -0.4 is 14.8 Å². The molecular formula is C37H34IN3O7S. The van der Waals surface area contributed by atoms with Crippen LogP contribution in [0.2, 0.25) is 0 Å². The molecule has 0 saturated heterocycles. The van der Waals surface area contributed by atoms with Crippen LogP contribution in [0.1, 0.15) is 29.7 Å². The van der Waals surface area contributed by atoms with Gasteiger partial charge in [0.2, 0.25) is 5.91 Å². The van der Waals surface area contributed by atoms with Gasteiger partial charge in [0.15, 0.2) is 23.3 Å². The molecule has 0 atom stereocenters. The van der Waals surface area contributed by atoms with Gasteiger partial charge in [-0.25, -0.2) is 4.79 Å². The average Bonchev–Trinajstić information content (AvgIpc) is 3.12. The first kappa shape index (κ1) is 36.9. The summed E-state index contributed by atoms with van der Waals surface area (Å²) in [6, 6.07) is 22.0. The Morgan fingerprint density at radius 3 is 2.27 bits per heavy atom. The summed E-state index contributed by atoms with van der Waals surface area (Å²) in [6.07, 6.45) is 7.99. The number of thioether (sulfide) groups is 1. The monoisotopic (exact) mass is 791 g/mol. The highest BCUT2D eigenvalue weighted by Crippen LogP contribution is 2.35. The molecule has 1 heterocycles. The van der Waals surface area contributed by atoms with Crippen LogP contribution in [0, 0.1) is 3.57 Å². The molecular weight excluding hydrogens is 757 g/mol. The fourth-order valence-electron chi connectivity index (χ4n) is 4.71. The lowest BCUT2D eigenvalue weighted by molar-refractivity contribution is -0.143. The first-order valence-electron chi connectivity index (χ1n) is 14.9. The summed E-state index contributed by atoms with van der Waals surface area (Å²) in [5.74, 6) is -1.80. The number of rotatable bonds is 13. The van der Waals surface area contributed by atoms with Gasteiger partial charge in [-0.15, -0.1) is 0 Å². The van der Waals surface area contributed by atoms with Crippen molar-refractivity contribution in [1.29, 1.82) is 0 Å². The van der Waals surface area contributed by atoms with E-state index in [1.807, 2.05) is 83.3 Å². The Morgan fingerprint density at radius 1 is 1.04 bits per heavy atom. The van der Waals surface area contributed by atoms with Gasteiger partial charge < -0.3 is 19.5 Å². The van der Waals surface area contributed by atoms with Crippen molar-refractivity contribution >= 4 is 69.3 Å². The van der Waals surface area contributed by atoms with Gasteiger partial charge in [0.05, 0.1) is 29.6 Å². The molecule has 0 bridgehead atoms. The van der Waals surface area contributed by atoms with Gasteiger partial charge in [0.25, 0.3) is 11.8 Å². The highest BCUT2D eigenvalue weighted by Gasteiger charge is 2.35. The van der Waals surface area contributed by atoms with E-state index in [-0.39, 0.29) is 34.8 Å². The number of ether oxygens (including phenoxy) is 3. The molecule has 0 spiro atoms. The highest BCUT2D eigenvalue weighted by atomic mass is 127. The number of amidine groups is 1. The first-order chi connectivity index (χ1) is 23.7. The van der Waals surface area contributed by atoms with Crippen LogP contribution in [-0.2, 0) is 23.9 Å². The van der Waals surface area contributed by atoms with Crippen molar-refractivity contribution in [1.82, 2.24) is 10.2 Å². The van der Waals surface area contributed by atoms with Crippen LogP contribution in [0.5, 0.6) is 11.5 Å². The van der Waals surface area contributed by atoms with E-state index in [4.69, 9.17) is 9.47 Å². The SMILES string of the molecule is C=C/C=C\C(=C/C)N1C(=O)/C(=C/c2cc(I)c(OCC(=O)OC)c(OC)c2)C(=O)N=C1SCC(=O)NC(c1ccccc1)c1ccccc1. The van der Waals surface area contributed by atoms with E-state index in [0.717, 1.165) is 22.9 Å². The van der Waals surface area contributed by atoms with Gasteiger partial charge >= 0.3 is 5.97 Å². The Bertz CT molecular complexity index is 1800. The van der Waals surface area contributed by atoms with Crippen LogP contribution >= 0.6 is 34.4 Å². The molecule has 3 aromatic carbocycles. The van der Waals surface area contributed by atoms with E-state index in [1.165, 1.54) is 25.2 Å². The van der Waals surface area contributed by atoms with Gasteiger partial charge in [0, 0.05) is 5.70 Å². The average molecular weight is 792 g/mol. The Hall–Kier alpha value is -4.95. The third-order valence-electron chi connectivity index (χ3n) is 7.04. The third-order valence-corrected chi connectivity index (χ3v) is 8.78. The summed E-state index contributed by atoms with van der Waals surface area (Å²) in [5.41, 5.74) is 2.51. The number of hydrogen-bond acceptors (Lipinski definition) is 8. The Kier molecular flexibility index (Phi) is 13.5. The number of aliphatic imine (C=N–C) groups is 1. The summed E-state index contributed by atoms with van der Waals surface area (Å²) in [5, 5.41) is 3.13. The number of nitrogens with one attached hydrogen (secondary N) is 1. The van der Waals surface area contributed by atoms with Crippen LogP contribution in [0.15, 0.2) is 120 Å². The number of amides is 3. The minimum atomic E-state index is -0.765. The van der Waals surface area contributed by atoms with Gasteiger partial charge in [-0.2, -0.15) is 4.99 Å². The molecule has 4 rings (SSSR count). The minimum Gasteiger partial charge on any atom is -0.493 e. The van der Waals surface area contributed by atoms with Gasteiger partial charge in [-0.05, 0) is 70.5 Å². The molecule has 3 amide bonds. The zero-order chi connectivity index (χ0) is 35.3. The number of carbonyl (C=O) groups excluding carboxylic acids is 4.